The Hall–Kier alpha value is -1.15. The summed E-state index contributed by atoms with van der Waals surface area (Å²) in [4.78, 5) is 15.3. The standard InChI is InChI=1S/C10H8ClNO/c1-2-6-9-7(11)4-3-5-8(9)12-10(6)13/h3-5H,2H2,1H3. The van der Waals surface area contributed by atoms with Crippen LogP contribution in [0.5, 0.6) is 0 Å². The maximum Gasteiger partial charge on any atom is 0.274 e. The van der Waals surface area contributed by atoms with E-state index in [1.165, 1.54) is 0 Å². The van der Waals surface area contributed by atoms with Crippen LogP contribution in [-0.4, -0.2) is 5.91 Å². The monoisotopic (exact) mass is 193 g/mol. The molecule has 0 atom stereocenters. The van der Waals surface area contributed by atoms with E-state index in [0.29, 0.717) is 16.8 Å². The van der Waals surface area contributed by atoms with Crippen molar-refractivity contribution in [3.63, 3.8) is 0 Å². The van der Waals surface area contributed by atoms with Gasteiger partial charge in [0.25, 0.3) is 5.91 Å². The van der Waals surface area contributed by atoms with E-state index < -0.39 is 0 Å². The van der Waals surface area contributed by atoms with Crippen molar-refractivity contribution in [2.24, 2.45) is 4.99 Å². The topological polar surface area (TPSA) is 29.4 Å². The quantitative estimate of drug-likeness (QED) is 0.656. The second kappa shape index (κ2) is 2.96. The van der Waals surface area contributed by atoms with Crippen LogP contribution in [0.15, 0.2) is 23.2 Å². The van der Waals surface area contributed by atoms with E-state index in [0.717, 1.165) is 10.8 Å². The van der Waals surface area contributed by atoms with Gasteiger partial charge in [-0.15, -0.1) is 0 Å². The number of fused-ring (bicyclic) bond motifs is 1. The smallest absolute Gasteiger partial charge is 0.267 e. The number of hydrogen-bond donors (Lipinski definition) is 0. The number of amides is 1. The van der Waals surface area contributed by atoms with Gasteiger partial charge in [0, 0.05) is 10.8 Å². The average Bonchev–Trinajstić information content (AvgIpc) is 2.42. The zero-order valence-corrected chi connectivity index (χ0v) is 7.93. The number of nitrogens with zero attached hydrogens (tertiary/aromatic N) is 1. The minimum atomic E-state index is -0.148. The third-order valence-corrected chi connectivity index (χ3v) is 2.44. The summed E-state index contributed by atoms with van der Waals surface area (Å²) in [6, 6.07) is 5.39. The molecule has 1 heterocycles. The van der Waals surface area contributed by atoms with Gasteiger partial charge in [-0.3, -0.25) is 4.79 Å². The summed E-state index contributed by atoms with van der Waals surface area (Å²) in [5, 5.41) is 2.13. The molecule has 0 saturated heterocycles. The second-order valence-electron chi connectivity index (χ2n) is 2.88. The lowest BCUT2D eigenvalue weighted by Crippen LogP contribution is -2.23. The lowest BCUT2D eigenvalue weighted by molar-refractivity contribution is -0.112. The van der Waals surface area contributed by atoms with Gasteiger partial charge in [-0.25, -0.2) is 4.99 Å². The first kappa shape index (κ1) is 8.45. The van der Waals surface area contributed by atoms with Crippen molar-refractivity contribution in [3.8, 4) is 0 Å². The van der Waals surface area contributed by atoms with Crippen LogP contribution in [0.3, 0.4) is 0 Å². The molecule has 2 nitrogen and oxygen atoms in total. The minimum Gasteiger partial charge on any atom is -0.267 e. The number of carbonyl (C=O) groups is 1. The predicted molar refractivity (Wildman–Crippen MR) is 50.9 cm³/mol. The van der Waals surface area contributed by atoms with E-state index in [9.17, 15) is 4.79 Å². The molecule has 0 unspecified atom stereocenters. The zero-order chi connectivity index (χ0) is 9.42. The van der Waals surface area contributed by atoms with Crippen LogP contribution >= 0.6 is 11.6 Å². The summed E-state index contributed by atoms with van der Waals surface area (Å²) in [6.45, 7) is 1.93. The Labute approximate surface area is 80.6 Å². The SMILES string of the molecule is CCC1=c2c(Cl)cccc2=NC1=O. The molecule has 0 bridgehead atoms. The molecule has 0 saturated carbocycles. The number of carbonyl (C=O) groups excluding carboxylic acids is 1. The van der Waals surface area contributed by atoms with E-state index in [4.69, 9.17) is 11.6 Å². The van der Waals surface area contributed by atoms with Crippen LogP contribution < -0.4 is 10.6 Å². The normalized spacial score (nSPS) is 14.3. The summed E-state index contributed by atoms with van der Waals surface area (Å²) in [6.07, 6.45) is 0.680. The highest BCUT2D eigenvalue weighted by molar-refractivity contribution is 6.31. The molecule has 0 aromatic heterocycles. The van der Waals surface area contributed by atoms with Crippen molar-refractivity contribution >= 4 is 23.1 Å². The number of halogens is 1. The van der Waals surface area contributed by atoms with Crippen LogP contribution in [0.1, 0.15) is 13.3 Å². The van der Waals surface area contributed by atoms with E-state index >= 15 is 0 Å². The first-order valence-electron chi connectivity index (χ1n) is 4.14. The molecular formula is C10H8ClNO. The maximum absolute atomic E-state index is 11.4. The number of rotatable bonds is 1. The highest BCUT2D eigenvalue weighted by Gasteiger charge is 2.15. The van der Waals surface area contributed by atoms with Gasteiger partial charge in [0.15, 0.2) is 0 Å². The molecule has 0 radical (unpaired) electrons. The summed E-state index contributed by atoms with van der Waals surface area (Å²) >= 11 is 5.98. The van der Waals surface area contributed by atoms with Crippen molar-refractivity contribution in [2.75, 3.05) is 0 Å². The fourth-order valence-electron chi connectivity index (χ4n) is 1.52. The molecular weight excluding hydrogens is 186 g/mol. The van der Waals surface area contributed by atoms with Crippen molar-refractivity contribution < 1.29 is 4.79 Å². The predicted octanol–water partition coefficient (Wildman–Crippen LogP) is 1.06. The van der Waals surface area contributed by atoms with Gasteiger partial charge in [0.1, 0.15) is 0 Å². The summed E-state index contributed by atoms with van der Waals surface area (Å²) in [5.74, 6) is -0.148. The highest BCUT2D eigenvalue weighted by Crippen LogP contribution is 2.08. The van der Waals surface area contributed by atoms with Crippen LogP contribution in [0.25, 0.3) is 5.57 Å². The first-order valence-corrected chi connectivity index (χ1v) is 4.52. The van der Waals surface area contributed by atoms with Gasteiger partial charge < -0.3 is 0 Å². The molecule has 0 fully saturated rings. The molecule has 0 aliphatic carbocycles. The van der Waals surface area contributed by atoms with E-state index in [1.54, 1.807) is 12.1 Å². The van der Waals surface area contributed by atoms with E-state index in [-0.39, 0.29) is 5.91 Å². The van der Waals surface area contributed by atoms with Crippen molar-refractivity contribution in [1.82, 2.24) is 0 Å². The Kier molecular flexibility index (Phi) is 1.93. The molecule has 1 amide bonds. The van der Waals surface area contributed by atoms with E-state index in [1.807, 2.05) is 13.0 Å². The molecule has 1 aliphatic heterocycles. The summed E-state index contributed by atoms with van der Waals surface area (Å²) < 4.78 is 0. The largest absolute Gasteiger partial charge is 0.274 e. The van der Waals surface area contributed by atoms with Crippen LogP contribution in [0.4, 0.5) is 0 Å². The van der Waals surface area contributed by atoms with Crippen molar-refractivity contribution in [2.45, 2.75) is 13.3 Å². The van der Waals surface area contributed by atoms with E-state index in [2.05, 4.69) is 4.99 Å². The molecule has 1 aliphatic rings. The Morgan fingerprint density at radius 1 is 1.46 bits per heavy atom. The molecule has 66 valence electrons. The van der Waals surface area contributed by atoms with Crippen LogP contribution in [0.2, 0.25) is 5.02 Å². The summed E-state index contributed by atoms with van der Waals surface area (Å²) in [5.41, 5.74) is 0.723. The lowest BCUT2D eigenvalue weighted by atomic mass is 10.1. The first-order chi connectivity index (χ1) is 6.24. The maximum atomic E-state index is 11.4. The third-order valence-electron chi connectivity index (χ3n) is 2.13. The number of benzene rings is 1. The van der Waals surface area contributed by atoms with Gasteiger partial charge in [-0.1, -0.05) is 24.6 Å². The molecule has 13 heavy (non-hydrogen) atoms. The molecule has 1 aromatic carbocycles. The van der Waals surface area contributed by atoms with Gasteiger partial charge in [-0.2, -0.15) is 0 Å². The van der Waals surface area contributed by atoms with Crippen molar-refractivity contribution in [3.05, 3.63) is 33.8 Å². The second-order valence-corrected chi connectivity index (χ2v) is 3.29. The molecule has 3 heteroatoms. The Balaban J connectivity index is 2.95. The Morgan fingerprint density at radius 3 is 2.92 bits per heavy atom. The Morgan fingerprint density at radius 2 is 2.23 bits per heavy atom. The van der Waals surface area contributed by atoms with Gasteiger partial charge >= 0.3 is 0 Å². The van der Waals surface area contributed by atoms with Crippen LogP contribution in [0, 0.1) is 0 Å². The lowest BCUT2D eigenvalue weighted by Gasteiger charge is -1.93. The molecule has 2 rings (SSSR count). The average molecular weight is 194 g/mol. The van der Waals surface area contributed by atoms with Crippen LogP contribution in [-0.2, 0) is 4.79 Å². The highest BCUT2D eigenvalue weighted by atomic mass is 35.5. The fraction of sp³-hybridized carbons (Fsp3) is 0.200. The Bertz CT molecular complexity index is 490. The molecule has 0 spiro atoms. The zero-order valence-electron chi connectivity index (χ0n) is 7.17. The van der Waals surface area contributed by atoms with Gasteiger partial charge in [0.05, 0.1) is 10.4 Å². The molecule has 1 aromatic rings. The molecule has 0 N–H and O–H groups in total. The van der Waals surface area contributed by atoms with Gasteiger partial charge in [-0.05, 0) is 18.6 Å². The third kappa shape index (κ3) is 1.18. The number of hydrogen-bond acceptors (Lipinski definition) is 1. The van der Waals surface area contributed by atoms with Gasteiger partial charge in [0.2, 0.25) is 0 Å². The summed E-state index contributed by atoms with van der Waals surface area (Å²) in [7, 11) is 0. The fourth-order valence-corrected chi connectivity index (χ4v) is 1.80. The van der Waals surface area contributed by atoms with Crippen molar-refractivity contribution in [1.29, 1.82) is 0 Å². The minimum absolute atomic E-state index is 0.148.